The number of carboxylic acids is 1. The lowest BCUT2D eigenvalue weighted by atomic mass is 10.3. The predicted molar refractivity (Wildman–Crippen MR) is 53.8 cm³/mol. The van der Waals surface area contributed by atoms with Gasteiger partial charge in [-0.3, -0.25) is 0 Å². The van der Waals surface area contributed by atoms with Crippen LogP contribution in [0.2, 0.25) is 0 Å². The Morgan fingerprint density at radius 1 is 1.73 bits per heavy atom. The third kappa shape index (κ3) is 3.39. The van der Waals surface area contributed by atoms with Crippen LogP contribution >= 0.6 is 12.4 Å². The summed E-state index contributed by atoms with van der Waals surface area (Å²) in [6.45, 7) is 0. The Balaban J connectivity index is 0.00000196. The topological polar surface area (TPSA) is 98.3 Å². The molecule has 0 fully saturated rings. The van der Waals surface area contributed by atoms with Gasteiger partial charge in [0.1, 0.15) is 0 Å². The van der Waals surface area contributed by atoms with Crippen molar-refractivity contribution in [1.82, 2.24) is 9.78 Å². The highest BCUT2D eigenvalue weighted by Crippen LogP contribution is 2.16. The van der Waals surface area contributed by atoms with Crippen molar-refractivity contribution in [2.45, 2.75) is 0 Å². The number of carboxylic acid groups (broad SMARTS) is 1. The summed E-state index contributed by atoms with van der Waals surface area (Å²) in [4.78, 5) is 19.9. The van der Waals surface area contributed by atoms with Gasteiger partial charge in [0.05, 0.1) is 23.9 Å². The van der Waals surface area contributed by atoms with Crippen molar-refractivity contribution in [3.63, 3.8) is 0 Å². The number of aromatic nitrogens is 2. The molecule has 1 aromatic rings. The molecule has 7 nitrogen and oxygen atoms in total. The maximum Gasteiger partial charge on any atom is 0.397 e. The molecule has 0 amide bonds. The normalized spacial score (nSPS) is 9.93. The van der Waals surface area contributed by atoms with Gasteiger partial charge < -0.3 is 15.2 Å². The first kappa shape index (κ1) is 13.1. The van der Waals surface area contributed by atoms with Crippen LogP contribution in [0.4, 0.5) is 5.82 Å². The van der Waals surface area contributed by atoms with Gasteiger partial charge in [0, 0.05) is 6.08 Å². The first-order valence-corrected chi connectivity index (χ1v) is 3.59. The Labute approximate surface area is 90.6 Å². The van der Waals surface area contributed by atoms with E-state index in [1.807, 2.05) is 0 Å². The van der Waals surface area contributed by atoms with Crippen molar-refractivity contribution in [2.75, 3.05) is 0 Å². The number of rotatable bonds is 3. The monoisotopic (exact) mass is 233 g/mol. The fraction of sp³-hybridized carbons (Fsp3) is 0.143. The first-order chi connectivity index (χ1) is 6.50. The molecule has 0 aliphatic rings. The van der Waals surface area contributed by atoms with E-state index in [0.29, 0.717) is 0 Å². The number of aliphatic carboxylic acids is 1. The minimum absolute atomic E-state index is 0. The SMILES string of the molecule is Cl.Cn1cc(C=CC(=O)O)c([N+](=O)[O-])n1. The number of nitrogens with zero attached hydrogens (tertiary/aromatic N) is 3. The third-order valence-corrected chi connectivity index (χ3v) is 1.41. The number of nitro groups is 1. The summed E-state index contributed by atoms with van der Waals surface area (Å²) in [5.74, 6) is -1.52. The lowest BCUT2D eigenvalue weighted by Crippen LogP contribution is -1.93. The van der Waals surface area contributed by atoms with Crippen molar-refractivity contribution in [3.05, 3.63) is 28.0 Å². The van der Waals surface area contributed by atoms with Crippen LogP contribution in [0, 0.1) is 10.1 Å². The number of hydrogen-bond acceptors (Lipinski definition) is 4. The molecule has 0 radical (unpaired) electrons. The quantitative estimate of drug-likeness (QED) is 0.474. The fourth-order valence-corrected chi connectivity index (χ4v) is 0.916. The van der Waals surface area contributed by atoms with Gasteiger partial charge in [0.2, 0.25) is 0 Å². The Morgan fingerprint density at radius 3 is 2.80 bits per heavy atom. The van der Waals surface area contributed by atoms with E-state index < -0.39 is 10.9 Å². The second-order valence-corrected chi connectivity index (χ2v) is 2.51. The molecule has 0 aromatic carbocycles. The van der Waals surface area contributed by atoms with Gasteiger partial charge in [-0.2, -0.15) is 4.68 Å². The average molecular weight is 234 g/mol. The van der Waals surface area contributed by atoms with E-state index >= 15 is 0 Å². The Kier molecular flexibility index (Phi) is 4.46. The lowest BCUT2D eigenvalue weighted by Gasteiger charge is -1.87. The highest BCUT2D eigenvalue weighted by molar-refractivity contribution is 5.86. The summed E-state index contributed by atoms with van der Waals surface area (Å²) < 4.78 is 1.25. The maximum absolute atomic E-state index is 10.4. The molecule has 0 aliphatic heterocycles. The van der Waals surface area contributed by atoms with Crippen LogP contribution in [0.1, 0.15) is 5.56 Å². The summed E-state index contributed by atoms with van der Waals surface area (Å²) in [6, 6.07) is 0. The van der Waals surface area contributed by atoms with E-state index in [-0.39, 0.29) is 23.8 Å². The molecule has 1 heterocycles. The van der Waals surface area contributed by atoms with Crippen molar-refractivity contribution < 1.29 is 14.8 Å². The standard InChI is InChI=1S/C7H7N3O4.ClH/c1-9-4-5(2-3-6(11)12)7(8-9)10(13)14;/h2-4H,1H3,(H,11,12);1H. The molecule has 1 N–H and O–H groups in total. The molecule has 0 bridgehead atoms. The molecule has 0 spiro atoms. The summed E-state index contributed by atoms with van der Waals surface area (Å²) >= 11 is 0. The van der Waals surface area contributed by atoms with Crippen LogP contribution in [-0.2, 0) is 11.8 Å². The Morgan fingerprint density at radius 2 is 2.33 bits per heavy atom. The zero-order chi connectivity index (χ0) is 10.7. The molecular formula is C7H8ClN3O4. The van der Waals surface area contributed by atoms with Crippen molar-refractivity contribution in [2.24, 2.45) is 7.05 Å². The minimum atomic E-state index is -1.16. The summed E-state index contributed by atoms with van der Waals surface area (Å²) in [7, 11) is 1.52. The van der Waals surface area contributed by atoms with Crippen LogP contribution in [0.3, 0.4) is 0 Å². The maximum atomic E-state index is 10.4. The van der Waals surface area contributed by atoms with Crippen LogP contribution in [0.15, 0.2) is 12.3 Å². The van der Waals surface area contributed by atoms with Crippen LogP contribution in [0.5, 0.6) is 0 Å². The smallest absolute Gasteiger partial charge is 0.397 e. The fourth-order valence-electron chi connectivity index (χ4n) is 0.916. The van der Waals surface area contributed by atoms with Crippen LogP contribution in [-0.4, -0.2) is 25.8 Å². The highest BCUT2D eigenvalue weighted by atomic mass is 35.5. The molecule has 0 unspecified atom stereocenters. The molecule has 0 saturated heterocycles. The molecule has 0 saturated carbocycles. The first-order valence-electron chi connectivity index (χ1n) is 3.59. The van der Waals surface area contributed by atoms with Gasteiger partial charge in [-0.25, -0.2) is 4.79 Å². The third-order valence-electron chi connectivity index (χ3n) is 1.41. The van der Waals surface area contributed by atoms with E-state index in [0.717, 1.165) is 12.2 Å². The second-order valence-electron chi connectivity index (χ2n) is 2.51. The second kappa shape index (κ2) is 5.11. The van der Waals surface area contributed by atoms with Gasteiger partial charge in [0.15, 0.2) is 0 Å². The summed E-state index contributed by atoms with van der Waals surface area (Å²) in [5, 5.41) is 22.3. The zero-order valence-electron chi connectivity index (χ0n) is 7.65. The number of hydrogen-bond donors (Lipinski definition) is 1. The molecular weight excluding hydrogens is 226 g/mol. The van der Waals surface area contributed by atoms with Gasteiger partial charge in [-0.15, -0.1) is 12.4 Å². The van der Waals surface area contributed by atoms with E-state index in [4.69, 9.17) is 5.11 Å². The Hall–Kier alpha value is -1.89. The van der Waals surface area contributed by atoms with Gasteiger partial charge in [-0.05, 0) is 11.0 Å². The van der Waals surface area contributed by atoms with Crippen molar-refractivity contribution >= 4 is 30.3 Å². The van der Waals surface area contributed by atoms with Gasteiger partial charge >= 0.3 is 11.8 Å². The summed E-state index contributed by atoms with van der Waals surface area (Å²) in [5.41, 5.74) is 0.167. The number of aryl methyl sites for hydroxylation is 1. The largest absolute Gasteiger partial charge is 0.478 e. The predicted octanol–water partition coefficient (Wildman–Crippen LogP) is 0.848. The molecule has 82 valence electrons. The number of carbonyl (C=O) groups is 1. The molecule has 1 rings (SSSR count). The molecule has 8 heteroatoms. The molecule has 0 atom stereocenters. The molecule has 15 heavy (non-hydrogen) atoms. The van der Waals surface area contributed by atoms with Gasteiger partial charge in [-0.1, -0.05) is 0 Å². The molecule has 1 aromatic heterocycles. The summed E-state index contributed by atoms with van der Waals surface area (Å²) in [6.07, 6.45) is 3.33. The molecule has 0 aliphatic carbocycles. The minimum Gasteiger partial charge on any atom is -0.478 e. The zero-order valence-corrected chi connectivity index (χ0v) is 8.47. The highest BCUT2D eigenvalue weighted by Gasteiger charge is 2.16. The van der Waals surface area contributed by atoms with Gasteiger partial charge in [0.25, 0.3) is 0 Å². The average Bonchev–Trinajstić information content (AvgIpc) is 2.43. The van der Waals surface area contributed by atoms with E-state index in [1.54, 1.807) is 0 Å². The Bertz CT molecular complexity index is 412. The van der Waals surface area contributed by atoms with Crippen molar-refractivity contribution in [1.29, 1.82) is 0 Å². The van der Waals surface area contributed by atoms with E-state index in [1.165, 1.54) is 17.9 Å². The van der Waals surface area contributed by atoms with Crippen LogP contribution < -0.4 is 0 Å². The van der Waals surface area contributed by atoms with Crippen molar-refractivity contribution in [3.8, 4) is 0 Å². The lowest BCUT2D eigenvalue weighted by molar-refractivity contribution is -0.390. The number of halogens is 1. The van der Waals surface area contributed by atoms with E-state index in [9.17, 15) is 14.9 Å². The van der Waals surface area contributed by atoms with E-state index in [2.05, 4.69) is 5.10 Å². The van der Waals surface area contributed by atoms with Crippen LogP contribution in [0.25, 0.3) is 6.08 Å².